The number of anilines is 1. The summed E-state index contributed by atoms with van der Waals surface area (Å²) < 4.78 is 12.3. The van der Waals surface area contributed by atoms with Crippen LogP contribution in [0.15, 0.2) is 35.6 Å². The Morgan fingerprint density at radius 2 is 2.14 bits per heavy atom. The smallest absolute Gasteiger partial charge is 0.193 e. The Morgan fingerprint density at radius 1 is 1.36 bits per heavy atom. The van der Waals surface area contributed by atoms with Crippen LogP contribution < -0.4 is 20.5 Å². The molecule has 120 valence electrons. The van der Waals surface area contributed by atoms with Crippen molar-refractivity contribution >= 4 is 35.6 Å². The number of nitrogens with zero attached hydrogens (tertiary/aromatic N) is 3. The number of nitrogens with one attached hydrogen (secondary N) is 1. The van der Waals surface area contributed by atoms with Gasteiger partial charge >= 0.3 is 0 Å². The quantitative estimate of drug-likeness (QED) is 0.442. The Balaban J connectivity index is 0.00000242. The molecule has 1 aromatic heterocycles. The van der Waals surface area contributed by atoms with Crippen LogP contribution in [-0.2, 0) is 13.6 Å². The van der Waals surface area contributed by atoms with Gasteiger partial charge in [-0.25, -0.2) is 9.98 Å². The molecule has 22 heavy (non-hydrogen) atoms. The van der Waals surface area contributed by atoms with Gasteiger partial charge in [0.05, 0.1) is 19.9 Å². The summed E-state index contributed by atoms with van der Waals surface area (Å²) >= 11 is 0. The number of methoxy groups -OCH3 is 2. The Morgan fingerprint density at radius 3 is 2.73 bits per heavy atom. The van der Waals surface area contributed by atoms with E-state index in [9.17, 15) is 0 Å². The zero-order valence-corrected chi connectivity index (χ0v) is 15.1. The topological polar surface area (TPSA) is 86.7 Å². The zero-order chi connectivity index (χ0) is 15.2. The average Bonchev–Trinajstić information content (AvgIpc) is 2.90. The van der Waals surface area contributed by atoms with Crippen molar-refractivity contribution in [1.82, 2.24) is 9.55 Å². The summed E-state index contributed by atoms with van der Waals surface area (Å²) in [7, 11) is 5.10. The Kier molecular flexibility index (Phi) is 6.96. The van der Waals surface area contributed by atoms with Crippen molar-refractivity contribution in [3.8, 4) is 11.5 Å². The van der Waals surface area contributed by atoms with Crippen LogP contribution in [0.25, 0.3) is 0 Å². The molecule has 0 aliphatic carbocycles. The predicted molar refractivity (Wildman–Crippen MR) is 97.1 cm³/mol. The zero-order valence-electron chi connectivity index (χ0n) is 12.7. The molecule has 1 aromatic carbocycles. The van der Waals surface area contributed by atoms with Gasteiger partial charge in [-0.2, -0.15) is 0 Å². The molecule has 0 aliphatic heterocycles. The molecule has 0 atom stereocenters. The number of aliphatic imine (C=N–C) groups is 1. The van der Waals surface area contributed by atoms with E-state index in [1.54, 1.807) is 32.5 Å². The largest absolute Gasteiger partial charge is 0.497 e. The monoisotopic (exact) mass is 417 g/mol. The summed E-state index contributed by atoms with van der Waals surface area (Å²) in [5.41, 5.74) is 6.59. The van der Waals surface area contributed by atoms with Crippen molar-refractivity contribution in [1.29, 1.82) is 0 Å². The van der Waals surface area contributed by atoms with Crippen LogP contribution in [0.2, 0.25) is 0 Å². The minimum absolute atomic E-state index is 0. The summed E-state index contributed by atoms with van der Waals surface area (Å²) in [5.74, 6) is 2.48. The van der Waals surface area contributed by atoms with E-state index >= 15 is 0 Å². The predicted octanol–water partition coefficient (Wildman–Crippen LogP) is 1.98. The van der Waals surface area contributed by atoms with Crippen LogP contribution in [0.3, 0.4) is 0 Å². The van der Waals surface area contributed by atoms with E-state index in [-0.39, 0.29) is 29.9 Å². The molecule has 2 aromatic rings. The molecule has 0 unspecified atom stereocenters. The number of guanidine groups is 1. The van der Waals surface area contributed by atoms with Gasteiger partial charge in [-0.15, -0.1) is 24.0 Å². The Hall–Kier alpha value is -1.97. The van der Waals surface area contributed by atoms with E-state index < -0.39 is 0 Å². The van der Waals surface area contributed by atoms with Crippen molar-refractivity contribution in [2.45, 2.75) is 6.54 Å². The average molecular weight is 417 g/mol. The molecular formula is C14H20IN5O2. The van der Waals surface area contributed by atoms with Crippen LogP contribution in [0.1, 0.15) is 5.82 Å². The number of imidazole rings is 1. The fourth-order valence-corrected chi connectivity index (χ4v) is 1.79. The van der Waals surface area contributed by atoms with Crippen LogP contribution in [0, 0.1) is 0 Å². The van der Waals surface area contributed by atoms with E-state index in [2.05, 4.69) is 15.3 Å². The van der Waals surface area contributed by atoms with Gasteiger partial charge in [0.1, 0.15) is 23.9 Å². The van der Waals surface area contributed by atoms with E-state index in [0.717, 1.165) is 5.82 Å². The van der Waals surface area contributed by atoms with Gasteiger partial charge in [0.2, 0.25) is 0 Å². The van der Waals surface area contributed by atoms with Gasteiger partial charge in [-0.05, 0) is 12.1 Å². The summed E-state index contributed by atoms with van der Waals surface area (Å²) in [5, 5.41) is 3.00. The first-order chi connectivity index (χ1) is 10.1. The lowest BCUT2D eigenvalue weighted by atomic mass is 10.2. The number of hydrogen-bond donors (Lipinski definition) is 2. The van der Waals surface area contributed by atoms with E-state index in [4.69, 9.17) is 15.2 Å². The minimum atomic E-state index is 0. The van der Waals surface area contributed by atoms with Crippen molar-refractivity contribution in [2.24, 2.45) is 17.8 Å². The van der Waals surface area contributed by atoms with Gasteiger partial charge in [0.15, 0.2) is 5.96 Å². The third-order valence-electron chi connectivity index (χ3n) is 2.98. The maximum absolute atomic E-state index is 5.89. The lowest BCUT2D eigenvalue weighted by Gasteiger charge is -2.12. The molecule has 0 fully saturated rings. The van der Waals surface area contributed by atoms with Crippen molar-refractivity contribution in [2.75, 3.05) is 19.5 Å². The number of halogens is 1. The highest BCUT2D eigenvalue weighted by molar-refractivity contribution is 14.0. The molecule has 1 heterocycles. The van der Waals surface area contributed by atoms with Crippen LogP contribution in [0.5, 0.6) is 11.5 Å². The van der Waals surface area contributed by atoms with Crippen molar-refractivity contribution in [3.63, 3.8) is 0 Å². The van der Waals surface area contributed by atoms with Gasteiger partial charge in [0.25, 0.3) is 0 Å². The molecule has 8 heteroatoms. The van der Waals surface area contributed by atoms with Crippen LogP contribution >= 0.6 is 24.0 Å². The summed E-state index contributed by atoms with van der Waals surface area (Å²) in [6.45, 7) is 0.397. The third-order valence-corrected chi connectivity index (χ3v) is 2.98. The maximum atomic E-state index is 5.89. The molecule has 0 saturated heterocycles. The number of benzene rings is 1. The van der Waals surface area contributed by atoms with Gasteiger partial charge in [-0.3, -0.25) is 0 Å². The van der Waals surface area contributed by atoms with Crippen LogP contribution in [0.4, 0.5) is 5.69 Å². The van der Waals surface area contributed by atoms with Gasteiger partial charge < -0.3 is 25.1 Å². The molecule has 3 N–H and O–H groups in total. The van der Waals surface area contributed by atoms with E-state index in [1.165, 1.54) is 0 Å². The molecule has 0 bridgehead atoms. The SMILES string of the molecule is COc1ccc(OC)c(NC(N)=NCc2nccn2C)c1.I. The number of aryl methyl sites for hydroxylation is 1. The summed E-state index contributed by atoms with van der Waals surface area (Å²) in [6.07, 6.45) is 3.58. The molecule has 0 aliphatic rings. The van der Waals surface area contributed by atoms with Gasteiger partial charge in [-0.1, -0.05) is 0 Å². The highest BCUT2D eigenvalue weighted by Gasteiger charge is 2.06. The second-order valence-corrected chi connectivity index (χ2v) is 4.35. The lowest BCUT2D eigenvalue weighted by Crippen LogP contribution is -2.23. The molecular weight excluding hydrogens is 397 g/mol. The summed E-state index contributed by atoms with van der Waals surface area (Å²) in [4.78, 5) is 8.44. The molecule has 0 radical (unpaired) electrons. The first kappa shape index (κ1) is 18.1. The molecule has 2 rings (SSSR count). The van der Waals surface area contributed by atoms with Crippen LogP contribution in [-0.4, -0.2) is 29.7 Å². The lowest BCUT2D eigenvalue weighted by molar-refractivity contribution is 0.405. The standard InChI is InChI=1S/C14H19N5O2.HI/c1-19-7-6-16-13(19)9-17-14(15)18-11-8-10(20-2)4-5-12(11)21-3;/h4-8H,9H2,1-3H3,(H3,15,17,18);1H. The molecule has 0 saturated carbocycles. The molecule has 0 amide bonds. The number of ether oxygens (including phenoxy) is 2. The van der Waals surface area contributed by atoms with E-state index in [1.807, 2.05) is 23.9 Å². The maximum Gasteiger partial charge on any atom is 0.193 e. The van der Waals surface area contributed by atoms with E-state index in [0.29, 0.717) is 23.7 Å². The van der Waals surface area contributed by atoms with Crippen molar-refractivity contribution in [3.05, 3.63) is 36.4 Å². The fourth-order valence-electron chi connectivity index (χ4n) is 1.79. The second kappa shape index (κ2) is 8.47. The molecule has 7 nitrogen and oxygen atoms in total. The number of hydrogen-bond acceptors (Lipinski definition) is 4. The first-order valence-corrected chi connectivity index (χ1v) is 6.39. The highest BCUT2D eigenvalue weighted by Crippen LogP contribution is 2.28. The van der Waals surface area contributed by atoms with Gasteiger partial charge in [0, 0.05) is 25.5 Å². The minimum Gasteiger partial charge on any atom is -0.497 e. The van der Waals surface area contributed by atoms with Crippen molar-refractivity contribution < 1.29 is 9.47 Å². The third kappa shape index (κ3) is 4.52. The fraction of sp³-hybridized carbons (Fsp3) is 0.286. The Bertz CT molecular complexity index is 642. The number of nitrogens with two attached hydrogens (primary N) is 1. The summed E-state index contributed by atoms with van der Waals surface area (Å²) in [6, 6.07) is 5.40. The highest BCUT2D eigenvalue weighted by atomic mass is 127. The Labute approximate surface area is 146 Å². The number of aromatic nitrogens is 2. The first-order valence-electron chi connectivity index (χ1n) is 6.39. The number of rotatable bonds is 5. The molecule has 0 spiro atoms. The normalized spacial score (nSPS) is 10.8. The second-order valence-electron chi connectivity index (χ2n) is 4.35.